The van der Waals surface area contributed by atoms with Crippen LogP contribution in [0.1, 0.15) is 6.42 Å². The molecule has 4 nitrogen and oxygen atoms in total. The summed E-state index contributed by atoms with van der Waals surface area (Å²) in [5.41, 5.74) is 6.57. The normalized spacial score (nSPS) is 9.11. The number of urea groups is 1. The number of rotatable bonds is 3. The van der Waals surface area contributed by atoms with Crippen LogP contribution in [-0.2, 0) is 0 Å². The Morgan fingerprint density at radius 1 is 1.78 bits per heavy atom. The molecule has 2 N–H and O–H groups in total. The van der Waals surface area contributed by atoms with Crippen molar-refractivity contribution < 1.29 is 9.90 Å². The zero-order valence-electron chi connectivity index (χ0n) is 5.42. The van der Waals surface area contributed by atoms with E-state index in [1.165, 1.54) is 11.9 Å². The first kappa shape index (κ1) is 8.23. The highest BCUT2D eigenvalue weighted by Crippen LogP contribution is 1.84. The molecule has 9 heavy (non-hydrogen) atoms. The monoisotopic (exact) mass is 131 g/mol. The highest BCUT2D eigenvalue weighted by molar-refractivity contribution is 5.70. The average Bonchev–Trinajstić information content (AvgIpc) is 1.82. The molecule has 0 aromatic rings. The van der Waals surface area contributed by atoms with E-state index in [0.29, 0.717) is 13.0 Å². The summed E-state index contributed by atoms with van der Waals surface area (Å²) in [6.07, 6.45) is 0.543. The first-order valence-electron chi connectivity index (χ1n) is 2.76. The molecule has 4 heteroatoms. The third kappa shape index (κ3) is 3.78. The summed E-state index contributed by atoms with van der Waals surface area (Å²) >= 11 is 0. The van der Waals surface area contributed by atoms with Gasteiger partial charge in [0.25, 0.3) is 0 Å². The predicted octanol–water partition coefficient (Wildman–Crippen LogP) is -0.296. The molecule has 0 heterocycles. The zero-order chi connectivity index (χ0) is 7.28. The van der Waals surface area contributed by atoms with Crippen LogP contribution in [-0.4, -0.2) is 36.2 Å². The van der Waals surface area contributed by atoms with Crippen molar-refractivity contribution in [3.63, 3.8) is 0 Å². The van der Waals surface area contributed by atoms with Crippen molar-refractivity contribution in [2.24, 2.45) is 0 Å². The lowest BCUT2D eigenvalue weighted by molar-refractivity contribution is 0.209. The number of hydrogen-bond acceptors (Lipinski definition) is 2. The van der Waals surface area contributed by atoms with Crippen LogP contribution in [0.15, 0.2) is 0 Å². The Labute approximate surface area is 54.3 Å². The Balaban J connectivity index is 3.27. The van der Waals surface area contributed by atoms with E-state index in [-0.39, 0.29) is 6.61 Å². The lowest BCUT2D eigenvalue weighted by Crippen LogP contribution is -2.27. The fraction of sp³-hybridized carbons (Fsp3) is 0.800. The summed E-state index contributed by atoms with van der Waals surface area (Å²) < 4.78 is 0. The van der Waals surface area contributed by atoms with Crippen LogP contribution in [0.25, 0.3) is 0 Å². The van der Waals surface area contributed by atoms with Crippen molar-refractivity contribution in [3.05, 3.63) is 0 Å². The molecular weight excluding hydrogens is 120 g/mol. The van der Waals surface area contributed by atoms with Crippen LogP contribution in [0.3, 0.4) is 0 Å². The summed E-state index contributed by atoms with van der Waals surface area (Å²) in [4.78, 5) is 11.4. The second-order valence-electron chi connectivity index (χ2n) is 1.80. The van der Waals surface area contributed by atoms with Gasteiger partial charge in [-0.2, -0.15) is 0 Å². The molecular formula is C5H11N2O2. The fourth-order valence-electron chi connectivity index (χ4n) is 0.409. The minimum atomic E-state index is -0.705. The van der Waals surface area contributed by atoms with Gasteiger partial charge < -0.3 is 10.0 Å². The van der Waals surface area contributed by atoms with Gasteiger partial charge in [0.05, 0.1) is 0 Å². The van der Waals surface area contributed by atoms with E-state index in [9.17, 15) is 4.79 Å². The standard InChI is InChI=1S/C5H11N2O2/c1-7(5(6)9)3-2-4-8/h6,8H,2-4H2,1H3. The molecule has 0 aliphatic rings. The molecule has 0 saturated carbocycles. The minimum Gasteiger partial charge on any atom is -0.396 e. The summed E-state index contributed by atoms with van der Waals surface area (Å²) in [6.45, 7) is 0.524. The van der Waals surface area contributed by atoms with Gasteiger partial charge in [-0.05, 0) is 6.42 Å². The second-order valence-corrected chi connectivity index (χ2v) is 1.80. The van der Waals surface area contributed by atoms with E-state index in [1.54, 1.807) is 0 Å². The van der Waals surface area contributed by atoms with E-state index in [2.05, 4.69) is 0 Å². The number of carbonyl (C=O) groups is 1. The van der Waals surface area contributed by atoms with Crippen LogP contribution < -0.4 is 5.73 Å². The lowest BCUT2D eigenvalue weighted by atomic mass is 10.4. The smallest absolute Gasteiger partial charge is 0.335 e. The van der Waals surface area contributed by atoms with Crippen molar-refractivity contribution in [3.8, 4) is 0 Å². The quantitative estimate of drug-likeness (QED) is 0.571. The molecule has 0 rings (SSSR count). The van der Waals surface area contributed by atoms with Crippen LogP contribution in [0.4, 0.5) is 4.79 Å². The molecule has 0 aromatic heterocycles. The zero-order valence-corrected chi connectivity index (χ0v) is 5.42. The molecule has 53 valence electrons. The van der Waals surface area contributed by atoms with Gasteiger partial charge in [0.15, 0.2) is 0 Å². The number of aliphatic hydroxyl groups excluding tert-OH is 1. The molecule has 0 unspecified atom stereocenters. The Kier molecular flexibility index (Phi) is 3.79. The number of nitrogens with zero attached hydrogens (tertiary/aromatic N) is 1. The summed E-state index contributed by atoms with van der Waals surface area (Å²) in [5, 5.41) is 8.30. The molecule has 2 amide bonds. The fourth-order valence-corrected chi connectivity index (χ4v) is 0.409. The highest BCUT2D eigenvalue weighted by Gasteiger charge is 2.00. The van der Waals surface area contributed by atoms with Gasteiger partial charge in [-0.3, -0.25) is 0 Å². The molecule has 0 aliphatic heterocycles. The Morgan fingerprint density at radius 3 is 2.67 bits per heavy atom. The molecule has 0 bridgehead atoms. The summed E-state index contributed by atoms with van der Waals surface area (Å²) in [7, 11) is 1.53. The predicted molar refractivity (Wildman–Crippen MR) is 32.8 cm³/mol. The molecule has 1 radical (unpaired) electrons. The topological polar surface area (TPSA) is 64.3 Å². The average molecular weight is 131 g/mol. The Bertz CT molecular complexity index is 95.0. The van der Waals surface area contributed by atoms with E-state index in [4.69, 9.17) is 10.8 Å². The van der Waals surface area contributed by atoms with E-state index < -0.39 is 6.03 Å². The van der Waals surface area contributed by atoms with E-state index in [1.807, 2.05) is 0 Å². The van der Waals surface area contributed by atoms with Gasteiger partial charge in [0, 0.05) is 20.2 Å². The maximum Gasteiger partial charge on any atom is 0.335 e. The SMILES string of the molecule is CN(CCCO)C([NH])=O. The number of amides is 2. The van der Waals surface area contributed by atoms with Gasteiger partial charge in [-0.1, -0.05) is 0 Å². The number of nitrogens with one attached hydrogen (secondary N) is 1. The third-order valence-corrected chi connectivity index (χ3v) is 0.998. The van der Waals surface area contributed by atoms with Crippen LogP contribution >= 0.6 is 0 Å². The maximum absolute atomic E-state index is 10.2. The lowest BCUT2D eigenvalue weighted by Gasteiger charge is -2.10. The third-order valence-electron chi connectivity index (χ3n) is 0.998. The molecule has 0 saturated heterocycles. The van der Waals surface area contributed by atoms with Crippen molar-refractivity contribution in [1.82, 2.24) is 10.6 Å². The highest BCUT2D eigenvalue weighted by atomic mass is 16.3. The first-order valence-corrected chi connectivity index (χ1v) is 2.76. The molecule has 0 spiro atoms. The second kappa shape index (κ2) is 4.14. The van der Waals surface area contributed by atoms with Gasteiger partial charge in [0.1, 0.15) is 0 Å². The Morgan fingerprint density at radius 2 is 2.33 bits per heavy atom. The molecule has 0 aromatic carbocycles. The first-order chi connectivity index (χ1) is 4.18. The van der Waals surface area contributed by atoms with Crippen LogP contribution in [0, 0.1) is 0 Å². The summed E-state index contributed by atoms with van der Waals surface area (Å²) in [5.74, 6) is 0. The molecule has 0 fully saturated rings. The van der Waals surface area contributed by atoms with Crippen LogP contribution in [0.2, 0.25) is 0 Å². The van der Waals surface area contributed by atoms with Crippen molar-refractivity contribution in [1.29, 1.82) is 0 Å². The minimum absolute atomic E-state index is 0.0671. The van der Waals surface area contributed by atoms with Crippen LogP contribution in [0.5, 0.6) is 0 Å². The Hall–Kier alpha value is -0.770. The van der Waals surface area contributed by atoms with Gasteiger partial charge in [-0.15, -0.1) is 0 Å². The van der Waals surface area contributed by atoms with Crippen molar-refractivity contribution in [2.75, 3.05) is 20.2 Å². The number of carbonyl (C=O) groups excluding carboxylic acids is 1. The maximum atomic E-state index is 10.2. The van der Waals surface area contributed by atoms with Crippen molar-refractivity contribution in [2.45, 2.75) is 6.42 Å². The number of hydrogen-bond donors (Lipinski definition) is 1. The van der Waals surface area contributed by atoms with Gasteiger partial charge in [0.2, 0.25) is 0 Å². The largest absolute Gasteiger partial charge is 0.396 e. The number of aliphatic hydroxyl groups is 1. The van der Waals surface area contributed by atoms with Gasteiger partial charge >= 0.3 is 6.03 Å². The summed E-state index contributed by atoms with van der Waals surface area (Å²) in [6, 6.07) is -0.705. The molecule has 0 atom stereocenters. The van der Waals surface area contributed by atoms with Crippen molar-refractivity contribution >= 4 is 6.03 Å². The van der Waals surface area contributed by atoms with E-state index >= 15 is 0 Å². The molecule has 0 aliphatic carbocycles. The van der Waals surface area contributed by atoms with Gasteiger partial charge in [-0.25, -0.2) is 10.5 Å². The van der Waals surface area contributed by atoms with E-state index in [0.717, 1.165) is 0 Å².